The van der Waals surface area contributed by atoms with Crippen molar-refractivity contribution in [3.63, 3.8) is 0 Å². The molecule has 180 valence electrons. The van der Waals surface area contributed by atoms with E-state index in [1.54, 1.807) is 0 Å². The van der Waals surface area contributed by atoms with Crippen molar-refractivity contribution in [3.8, 4) is 21.9 Å². The first-order valence-corrected chi connectivity index (χ1v) is 10.3. The summed E-state index contributed by atoms with van der Waals surface area (Å²) in [6.07, 6.45) is -4.27. The zero-order chi connectivity index (χ0) is 25.0. The Morgan fingerprint density at radius 3 is 2.50 bits per heavy atom. The van der Waals surface area contributed by atoms with Crippen LogP contribution in [0, 0.1) is 0 Å². The largest absolute Gasteiger partial charge is 1.00 e. The van der Waals surface area contributed by atoms with Crippen LogP contribution in [0.3, 0.4) is 0 Å². The smallest absolute Gasteiger partial charge is 0.871 e. The van der Waals surface area contributed by atoms with Crippen molar-refractivity contribution in [2.75, 3.05) is 5.32 Å². The molecular weight excluding hydrogens is 525 g/mol. The Bertz CT molecular complexity index is 1280. The molecule has 15 heteroatoms. The second-order valence-electron chi connectivity index (χ2n) is 6.98. The van der Waals surface area contributed by atoms with Crippen molar-refractivity contribution in [2.24, 2.45) is 7.05 Å². The fourth-order valence-corrected chi connectivity index (χ4v) is 4.02. The van der Waals surface area contributed by atoms with Crippen molar-refractivity contribution < 1.29 is 96.8 Å². The fourth-order valence-electron chi connectivity index (χ4n) is 2.97. The molecule has 1 atom stereocenters. The quantitative estimate of drug-likeness (QED) is 0.294. The van der Waals surface area contributed by atoms with Gasteiger partial charge in [-0.15, -0.1) is 24.5 Å². The molecule has 2 N–H and O–H groups in total. The number of urea groups is 1. The van der Waals surface area contributed by atoms with Gasteiger partial charge in [-0.3, -0.25) is 4.79 Å². The Balaban J connectivity index is 0.00000324. The number of rotatable bonds is 7. The van der Waals surface area contributed by atoms with E-state index in [9.17, 15) is 37.8 Å². The Hall–Kier alpha value is -2.00. The maximum absolute atomic E-state index is 12.5. The molecule has 9 nitrogen and oxygen atoms in total. The van der Waals surface area contributed by atoms with Crippen LogP contribution in [0.5, 0.6) is 11.5 Å². The van der Waals surface area contributed by atoms with E-state index in [0.29, 0.717) is 15.3 Å². The minimum Gasteiger partial charge on any atom is -0.871 e. The molecule has 0 fully saturated rings. The third kappa shape index (κ3) is 8.83. The number of carboxylic acids is 1. The number of nitrogens with one attached hydrogen (secondary N) is 2. The minimum absolute atomic E-state index is 0. The molecule has 0 saturated heterocycles. The Morgan fingerprint density at radius 2 is 1.86 bits per heavy atom. The number of benzene rings is 1. The summed E-state index contributed by atoms with van der Waals surface area (Å²) in [6, 6.07) is 7.20. The van der Waals surface area contributed by atoms with Gasteiger partial charge in [0, 0.05) is 35.4 Å². The number of halogens is 3. The molecule has 2 amide bonds. The number of carbonyl (C=O) groups excluding carboxylic acids is 2. The summed E-state index contributed by atoms with van der Waals surface area (Å²) in [4.78, 5) is 36.5. The molecule has 0 aliphatic heterocycles. The number of aryl methyl sites for hydroxylation is 1. The van der Waals surface area contributed by atoms with Gasteiger partial charge in [-0.2, -0.15) is 0 Å². The first-order valence-electron chi connectivity index (χ1n) is 9.53. The average molecular weight is 541 g/mol. The number of ether oxygens (including phenoxy) is 1. The van der Waals surface area contributed by atoms with Crippen LogP contribution in [0.4, 0.5) is 23.7 Å². The van der Waals surface area contributed by atoms with Crippen molar-refractivity contribution in [2.45, 2.75) is 18.8 Å². The van der Waals surface area contributed by atoms with Gasteiger partial charge in [0.05, 0.1) is 6.04 Å². The molecule has 0 aliphatic rings. The summed E-state index contributed by atoms with van der Waals surface area (Å²) in [5.41, 5.74) is -0.889. The molecule has 3 rings (SSSR count). The van der Waals surface area contributed by atoms with Crippen LogP contribution in [-0.4, -0.2) is 22.9 Å². The Labute approximate surface area is 250 Å². The number of pyridine rings is 1. The van der Waals surface area contributed by atoms with E-state index in [2.05, 4.69) is 15.4 Å². The molecule has 36 heavy (non-hydrogen) atoms. The summed E-state index contributed by atoms with van der Waals surface area (Å²) in [7, 11) is 1.38. The van der Waals surface area contributed by atoms with Crippen LogP contribution in [0.25, 0.3) is 10.4 Å². The zero-order valence-corrected chi connectivity index (χ0v) is 24.2. The molecule has 0 radical (unpaired) electrons. The minimum atomic E-state index is -4.86. The van der Waals surface area contributed by atoms with E-state index in [-0.39, 0.29) is 59.1 Å². The van der Waals surface area contributed by atoms with Crippen molar-refractivity contribution in [1.82, 2.24) is 9.88 Å². The van der Waals surface area contributed by atoms with Crippen molar-refractivity contribution >= 4 is 29.0 Å². The number of anilines is 1. The number of thiophene rings is 1. The van der Waals surface area contributed by atoms with E-state index in [4.69, 9.17) is 0 Å². The van der Waals surface area contributed by atoms with Gasteiger partial charge in [-0.05, 0) is 29.8 Å². The molecule has 0 saturated carbocycles. The second-order valence-corrected chi connectivity index (χ2v) is 8.09. The monoisotopic (exact) mass is 541 g/mol. The number of aliphatic carboxylic acids is 1. The van der Waals surface area contributed by atoms with E-state index in [1.807, 2.05) is 0 Å². The molecule has 0 spiro atoms. The Kier molecular flexibility index (Phi) is 12.0. The van der Waals surface area contributed by atoms with E-state index in [0.717, 1.165) is 34.1 Å². The number of nitrogens with zero attached hydrogens (tertiary/aromatic N) is 1. The number of carboxylic acid groups (broad SMARTS) is 1. The van der Waals surface area contributed by atoms with Crippen LogP contribution in [0.1, 0.15) is 17.3 Å². The third-order valence-electron chi connectivity index (χ3n) is 4.47. The fraction of sp³-hybridized carbons (Fsp3) is 0.190. The van der Waals surface area contributed by atoms with Crippen LogP contribution in [-0.2, 0) is 11.8 Å². The third-order valence-corrected chi connectivity index (χ3v) is 5.72. The number of alkyl halides is 3. The van der Waals surface area contributed by atoms with E-state index in [1.165, 1.54) is 37.5 Å². The molecule has 0 bridgehead atoms. The second kappa shape index (κ2) is 13.5. The average Bonchev–Trinajstić information content (AvgIpc) is 3.22. The predicted octanol–water partition coefficient (Wildman–Crippen LogP) is -3.90. The van der Waals surface area contributed by atoms with Gasteiger partial charge in [0.1, 0.15) is 11.4 Å². The number of hydrogen-bond donors (Lipinski definition) is 2. The molecule has 3 aromatic rings. The number of aromatic nitrogens is 1. The van der Waals surface area contributed by atoms with Gasteiger partial charge < -0.3 is 34.9 Å². The van der Waals surface area contributed by atoms with Gasteiger partial charge in [0.25, 0.3) is 5.56 Å². The first kappa shape index (κ1) is 32.0. The zero-order valence-electron chi connectivity index (χ0n) is 19.3. The first-order chi connectivity index (χ1) is 15.9. The van der Waals surface area contributed by atoms with Crippen molar-refractivity contribution in [3.05, 3.63) is 63.9 Å². The van der Waals surface area contributed by atoms with Crippen LogP contribution in [0.15, 0.2) is 53.5 Å². The number of carbonyl (C=O) groups is 2. The predicted molar refractivity (Wildman–Crippen MR) is 112 cm³/mol. The molecule has 2 aromatic heterocycles. The standard InChI is InChI=1S/C21H18F3N3O6S.2Na/c1-27-8-7-14(28)18(19(27)31)26-20(32)25-13(10-17(29)30)16-6-5-15(34-16)11-3-2-4-12(9-11)33-21(22,23)24;;/h2-9,13,28H,10H2,1H3,(H,29,30)(H2,25,26,32);;/q;2*+1/p-2/t13-;;/m0../s1. The maximum atomic E-state index is 12.5. The normalized spacial score (nSPS) is 11.4. The van der Waals surface area contributed by atoms with Gasteiger partial charge in [-0.25, -0.2) is 4.79 Å². The van der Waals surface area contributed by atoms with Gasteiger partial charge >= 0.3 is 71.5 Å². The molecule has 2 heterocycles. The van der Waals surface area contributed by atoms with Gasteiger partial charge in [0.15, 0.2) is 0 Å². The topological polar surface area (TPSA) is 136 Å². The number of amides is 2. The van der Waals surface area contributed by atoms with Crippen LogP contribution < -0.4 is 90.3 Å². The molecular formula is C21H16F3N3Na2O6S. The van der Waals surface area contributed by atoms with Crippen LogP contribution >= 0.6 is 11.3 Å². The summed E-state index contributed by atoms with van der Waals surface area (Å²) in [5.74, 6) is -2.64. The summed E-state index contributed by atoms with van der Waals surface area (Å²) in [6.45, 7) is 0. The van der Waals surface area contributed by atoms with Gasteiger partial charge in [0.2, 0.25) is 0 Å². The SMILES string of the molecule is Cn1ccc([O-])c(NC(=O)N[C@@H](CC(=O)[O-])c2ccc(-c3cccc(OC(F)(F)F)c3)s2)c1=O.[Na+].[Na+]. The van der Waals surface area contributed by atoms with Gasteiger partial charge in [-0.1, -0.05) is 23.9 Å². The van der Waals surface area contributed by atoms with E-state index >= 15 is 0 Å². The summed E-state index contributed by atoms with van der Waals surface area (Å²) >= 11 is 1.02. The Morgan fingerprint density at radius 1 is 1.17 bits per heavy atom. The van der Waals surface area contributed by atoms with Crippen molar-refractivity contribution in [1.29, 1.82) is 0 Å². The molecule has 1 aromatic carbocycles. The van der Waals surface area contributed by atoms with Crippen LogP contribution in [0.2, 0.25) is 0 Å². The van der Waals surface area contributed by atoms with E-state index < -0.39 is 53.6 Å². The number of hydrogen-bond acceptors (Lipinski definition) is 7. The summed E-state index contributed by atoms with van der Waals surface area (Å²) < 4.78 is 42.5. The summed E-state index contributed by atoms with van der Waals surface area (Å²) in [5, 5.41) is 27.6. The molecule has 0 aliphatic carbocycles. The molecule has 0 unspecified atom stereocenters. The maximum Gasteiger partial charge on any atom is 1.00 e.